The molecule has 0 spiro atoms. The van der Waals surface area contributed by atoms with Crippen molar-refractivity contribution in [3.05, 3.63) is 16.1 Å². The highest BCUT2D eigenvalue weighted by atomic mass is 32.1. The van der Waals surface area contributed by atoms with Crippen LogP contribution >= 0.6 is 11.3 Å². The first kappa shape index (κ1) is 16.9. The summed E-state index contributed by atoms with van der Waals surface area (Å²) in [6, 6.07) is 0. The number of aromatic nitrogens is 1. The fourth-order valence-electron chi connectivity index (χ4n) is 1.46. The van der Waals surface area contributed by atoms with E-state index in [0.29, 0.717) is 11.3 Å². The molecule has 0 radical (unpaired) electrons. The number of ether oxygens (including phenoxy) is 2. The molecule has 5 nitrogen and oxygen atoms in total. The van der Waals surface area contributed by atoms with Crippen molar-refractivity contribution >= 4 is 17.2 Å². The number of hydrogen-bond acceptors (Lipinski definition) is 5. The first-order valence-corrected chi connectivity index (χ1v) is 6.57. The van der Waals surface area contributed by atoms with E-state index in [1.807, 2.05) is 0 Å². The lowest BCUT2D eigenvalue weighted by atomic mass is 10.3. The summed E-state index contributed by atoms with van der Waals surface area (Å²) in [6.07, 6.45) is -4.64. The van der Waals surface area contributed by atoms with Crippen molar-refractivity contribution in [1.82, 2.24) is 9.88 Å². The van der Waals surface area contributed by atoms with Crippen molar-refractivity contribution in [2.45, 2.75) is 6.18 Å². The Bertz CT molecular complexity index is 429. The minimum atomic E-state index is -4.64. The molecular weight excluding hydrogens is 297 g/mol. The molecule has 114 valence electrons. The van der Waals surface area contributed by atoms with Crippen LogP contribution in [0.2, 0.25) is 0 Å². The average Bonchev–Trinajstić information content (AvgIpc) is 2.87. The molecule has 9 heteroatoms. The van der Waals surface area contributed by atoms with Crippen LogP contribution in [0.1, 0.15) is 15.4 Å². The normalized spacial score (nSPS) is 11.7. The molecule has 0 aliphatic rings. The second-order valence-corrected chi connectivity index (χ2v) is 4.66. The number of carbonyl (C=O) groups excluding carboxylic acids is 1. The lowest BCUT2D eigenvalue weighted by molar-refractivity contribution is -0.141. The molecule has 1 amide bonds. The summed E-state index contributed by atoms with van der Waals surface area (Å²) in [7, 11) is 2.90. The molecule has 0 saturated heterocycles. The Hall–Kier alpha value is -1.19. The lowest BCUT2D eigenvalue weighted by Crippen LogP contribution is -2.37. The SMILES string of the molecule is COCCN(CCOC)C(=O)c1scnc1C(F)(F)F. The fraction of sp³-hybridized carbons (Fsp3) is 0.636. The number of hydrogen-bond donors (Lipinski definition) is 0. The summed E-state index contributed by atoms with van der Waals surface area (Å²) < 4.78 is 47.9. The zero-order valence-electron chi connectivity index (χ0n) is 11.1. The second kappa shape index (κ2) is 7.55. The Labute approximate surface area is 118 Å². The fourth-order valence-corrected chi connectivity index (χ4v) is 2.23. The van der Waals surface area contributed by atoms with Gasteiger partial charge in [0, 0.05) is 27.3 Å². The van der Waals surface area contributed by atoms with Crippen molar-refractivity contribution in [3.8, 4) is 0 Å². The van der Waals surface area contributed by atoms with E-state index in [1.165, 1.54) is 19.1 Å². The van der Waals surface area contributed by atoms with Crippen molar-refractivity contribution < 1.29 is 27.4 Å². The van der Waals surface area contributed by atoms with Crippen molar-refractivity contribution in [3.63, 3.8) is 0 Å². The Kier molecular flexibility index (Phi) is 6.37. The first-order chi connectivity index (χ1) is 9.41. The van der Waals surface area contributed by atoms with Crippen LogP contribution in [-0.2, 0) is 15.7 Å². The first-order valence-electron chi connectivity index (χ1n) is 5.69. The van der Waals surface area contributed by atoms with Gasteiger partial charge >= 0.3 is 6.18 Å². The van der Waals surface area contributed by atoms with Gasteiger partial charge in [0.25, 0.3) is 5.91 Å². The minimum Gasteiger partial charge on any atom is -0.383 e. The summed E-state index contributed by atoms with van der Waals surface area (Å²) in [5, 5.41) is 0. The number of alkyl halides is 3. The van der Waals surface area contributed by atoms with Crippen LogP contribution in [0.3, 0.4) is 0 Å². The summed E-state index contributed by atoms with van der Waals surface area (Å²) in [6.45, 7) is 0.840. The van der Waals surface area contributed by atoms with Crippen LogP contribution in [0.15, 0.2) is 5.51 Å². The van der Waals surface area contributed by atoms with Gasteiger partial charge in [-0.3, -0.25) is 4.79 Å². The molecule has 0 atom stereocenters. The number of halogens is 3. The molecule has 0 aliphatic heterocycles. The molecule has 0 unspecified atom stereocenters. The van der Waals surface area contributed by atoms with E-state index < -0.39 is 22.7 Å². The van der Waals surface area contributed by atoms with Crippen molar-refractivity contribution in [2.75, 3.05) is 40.5 Å². The summed E-state index contributed by atoms with van der Waals surface area (Å²) in [4.78, 5) is 16.3. The number of amides is 1. The third-order valence-electron chi connectivity index (χ3n) is 2.45. The van der Waals surface area contributed by atoms with Gasteiger partial charge in [-0.1, -0.05) is 0 Å². The number of nitrogens with zero attached hydrogens (tertiary/aromatic N) is 2. The van der Waals surface area contributed by atoms with Crippen LogP contribution < -0.4 is 0 Å². The molecule has 1 rings (SSSR count). The number of thiazole rings is 1. The molecule has 0 fully saturated rings. The van der Waals surface area contributed by atoms with Gasteiger partial charge in [-0.2, -0.15) is 13.2 Å². The lowest BCUT2D eigenvalue weighted by Gasteiger charge is -2.21. The highest BCUT2D eigenvalue weighted by molar-refractivity contribution is 7.11. The molecule has 1 aromatic heterocycles. The Morgan fingerprint density at radius 2 is 1.85 bits per heavy atom. The van der Waals surface area contributed by atoms with E-state index in [9.17, 15) is 18.0 Å². The topological polar surface area (TPSA) is 51.7 Å². The van der Waals surface area contributed by atoms with E-state index >= 15 is 0 Å². The van der Waals surface area contributed by atoms with E-state index in [4.69, 9.17) is 9.47 Å². The summed E-state index contributed by atoms with van der Waals surface area (Å²) >= 11 is 0.676. The van der Waals surface area contributed by atoms with E-state index in [-0.39, 0.29) is 26.3 Å². The summed E-state index contributed by atoms with van der Waals surface area (Å²) in [5.41, 5.74) is -0.131. The van der Waals surface area contributed by atoms with Gasteiger partial charge in [-0.05, 0) is 0 Å². The van der Waals surface area contributed by atoms with Crippen molar-refractivity contribution in [1.29, 1.82) is 0 Å². The molecule has 0 aromatic carbocycles. The van der Waals surface area contributed by atoms with Crippen LogP contribution in [0, 0.1) is 0 Å². The van der Waals surface area contributed by atoms with Gasteiger partial charge in [0.15, 0.2) is 5.69 Å². The standard InChI is InChI=1S/C11H15F3N2O3S/c1-18-5-3-16(4-6-19-2)10(17)8-9(11(12,13)14)15-7-20-8/h7H,3-6H2,1-2H3. The number of rotatable bonds is 7. The van der Waals surface area contributed by atoms with E-state index in [0.717, 1.165) is 5.51 Å². The molecule has 0 saturated carbocycles. The Morgan fingerprint density at radius 3 is 2.30 bits per heavy atom. The van der Waals surface area contributed by atoms with Crippen LogP contribution in [0.5, 0.6) is 0 Å². The highest BCUT2D eigenvalue weighted by Crippen LogP contribution is 2.33. The Morgan fingerprint density at radius 1 is 1.30 bits per heavy atom. The quantitative estimate of drug-likeness (QED) is 0.771. The maximum absolute atomic E-state index is 12.7. The molecule has 20 heavy (non-hydrogen) atoms. The van der Waals surface area contributed by atoms with Gasteiger partial charge in [0.05, 0.1) is 18.7 Å². The molecular formula is C11H15F3N2O3S. The van der Waals surface area contributed by atoms with E-state index in [1.54, 1.807) is 0 Å². The largest absolute Gasteiger partial charge is 0.434 e. The third-order valence-corrected chi connectivity index (χ3v) is 3.26. The van der Waals surface area contributed by atoms with Gasteiger partial charge < -0.3 is 14.4 Å². The molecule has 0 N–H and O–H groups in total. The number of methoxy groups -OCH3 is 2. The predicted octanol–water partition coefficient (Wildman–Crippen LogP) is 1.90. The van der Waals surface area contributed by atoms with E-state index in [2.05, 4.69) is 4.98 Å². The predicted molar refractivity (Wildman–Crippen MR) is 66.8 cm³/mol. The highest BCUT2D eigenvalue weighted by Gasteiger charge is 2.39. The Balaban J connectivity index is 2.91. The maximum atomic E-state index is 12.7. The smallest absolute Gasteiger partial charge is 0.383 e. The van der Waals surface area contributed by atoms with Crippen LogP contribution in [0.4, 0.5) is 13.2 Å². The second-order valence-electron chi connectivity index (χ2n) is 3.81. The minimum absolute atomic E-state index is 0.188. The zero-order valence-corrected chi connectivity index (χ0v) is 11.9. The molecule has 0 aliphatic carbocycles. The van der Waals surface area contributed by atoms with Crippen LogP contribution in [-0.4, -0.2) is 56.3 Å². The van der Waals surface area contributed by atoms with Crippen molar-refractivity contribution in [2.24, 2.45) is 0 Å². The van der Waals surface area contributed by atoms with Gasteiger partial charge in [0.1, 0.15) is 4.88 Å². The maximum Gasteiger partial charge on any atom is 0.434 e. The van der Waals surface area contributed by atoms with Gasteiger partial charge in [0.2, 0.25) is 0 Å². The number of carbonyl (C=O) groups is 1. The molecule has 0 bridgehead atoms. The van der Waals surface area contributed by atoms with Gasteiger partial charge in [-0.25, -0.2) is 4.98 Å². The zero-order chi connectivity index (χ0) is 15.2. The molecule has 1 heterocycles. The summed E-state index contributed by atoms with van der Waals surface area (Å²) in [5.74, 6) is -0.714. The van der Waals surface area contributed by atoms with Crippen LogP contribution in [0.25, 0.3) is 0 Å². The molecule has 1 aromatic rings. The average molecular weight is 312 g/mol. The van der Waals surface area contributed by atoms with Gasteiger partial charge in [-0.15, -0.1) is 11.3 Å². The third kappa shape index (κ3) is 4.43. The monoisotopic (exact) mass is 312 g/mol.